The Morgan fingerprint density at radius 1 is 1.00 bits per heavy atom. The zero-order valence-corrected chi connectivity index (χ0v) is 17.4. The van der Waals surface area contributed by atoms with E-state index in [1.165, 1.54) is 28.2 Å². The van der Waals surface area contributed by atoms with Crippen molar-refractivity contribution >= 4 is 28.2 Å². The molecule has 0 bridgehead atoms. The van der Waals surface area contributed by atoms with Crippen LogP contribution in [0.3, 0.4) is 0 Å². The van der Waals surface area contributed by atoms with Gasteiger partial charge < -0.3 is 9.80 Å². The molecule has 4 rings (SSSR count). The van der Waals surface area contributed by atoms with Gasteiger partial charge in [0, 0.05) is 38.3 Å². The van der Waals surface area contributed by atoms with Gasteiger partial charge in [0.15, 0.2) is 0 Å². The van der Waals surface area contributed by atoms with Crippen LogP contribution in [0.4, 0.5) is 15.6 Å². The molecule has 0 radical (unpaired) electrons. The Kier molecular flexibility index (Phi) is 6.05. The normalized spacial score (nSPS) is 14.5. The predicted octanol–water partition coefficient (Wildman–Crippen LogP) is 4.18. The van der Waals surface area contributed by atoms with Gasteiger partial charge in [-0.15, -0.1) is 10.2 Å². The van der Waals surface area contributed by atoms with E-state index in [0.29, 0.717) is 11.7 Å². The van der Waals surface area contributed by atoms with Gasteiger partial charge in [0.1, 0.15) is 5.01 Å². The van der Waals surface area contributed by atoms with Gasteiger partial charge in [-0.25, -0.2) is 4.79 Å². The first-order valence-corrected chi connectivity index (χ1v) is 10.7. The molecule has 2 amide bonds. The third-order valence-electron chi connectivity index (χ3n) is 5.19. The lowest BCUT2D eigenvalue weighted by Gasteiger charge is -2.23. The molecule has 2 aromatic carbocycles. The highest BCUT2D eigenvalue weighted by Gasteiger charge is 2.20. The molecule has 3 aromatic rings. The number of aromatic nitrogens is 2. The third kappa shape index (κ3) is 4.92. The molecule has 2 heterocycles. The maximum Gasteiger partial charge on any atom is 0.323 e. The number of para-hydroxylation sites is 1. The molecule has 1 saturated heterocycles. The van der Waals surface area contributed by atoms with Crippen LogP contribution in [0.15, 0.2) is 54.6 Å². The summed E-state index contributed by atoms with van der Waals surface area (Å²) in [5.41, 5.74) is 3.68. The van der Waals surface area contributed by atoms with E-state index in [1.54, 1.807) is 0 Å². The van der Waals surface area contributed by atoms with Crippen LogP contribution in [0.5, 0.6) is 0 Å². The highest BCUT2D eigenvalue weighted by atomic mass is 32.1. The van der Waals surface area contributed by atoms with E-state index in [2.05, 4.69) is 63.7 Å². The van der Waals surface area contributed by atoms with E-state index >= 15 is 0 Å². The molecule has 1 aliphatic rings. The first-order valence-electron chi connectivity index (χ1n) is 9.92. The molecule has 1 fully saturated rings. The molecule has 1 aromatic heterocycles. The number of carbonyl (C=O) groups excluding carboxylic acids is 1. The minimum absolute atomic E-state index is 0.0986. The summed E-state index contributed by atoms with van der Waals surface area (Å²) in [5, 5.41) is 12.8. The molecule has 0 atom stereocenters. The van der Waals surface area contributed by atoms with Gasteiger partial charge in [0.2, 0.25) is 5.13 Å². The molecule has 7 heteroatoms. The summed E-state index contributed by atoms with van der Waals surface area (Å²) >= 11 is 1.44. The van der Waals surface area contributed by atoms with Gasteiger partial charge in [0.05, 0.1) is 0 Å². The molecule has 1 aliphatic heterocycles. The summed E-state index contributed by atoms with van der Waals surface area (Å²) in [5.74, 6) is 0. The van der Waals surface area contributed by atoms with Crippen molar-refractivity contribution in [3.05, 3.63) is 70.7 Å². The average molecular weight is 408 g/mol. The number of anilines is 2. The molecule has 29 heavy (non-hydrogen) atoms. The Balaban J connectivity index is 1.34. The van der Waals surface area contributed by atoms with Crippen LogP contribution in [0.1, 0.15) is 22.6 Å². The van der Waals surface area contributed by atoms with Crippen molar-refractivity contribution in [1.29, 1.82) is 0 Å². The third-order valence-corrected chi connectivity index (χ3v) is 6.03. The summed E-state index contributed by atoms with van der Waals surface area (Å²) in [6.07, 6.45) is 1.67. The number of hydrogen-bond donors (Lipinski definition) is 1. The molecular formula is C22H25N5OS. The standard InChI is InChI=1S/C22H25N5OS/c1-17-8-5-6-9-18(17)16-20-24-25-21(29-20)23-22(28)27-13-7-12-26(14-15-27)19-10-3-2-4-11-19/h2-6,8-11H,7,12-16H2,1H3,(H,23,25,28). The molecule has 1 N–H and O–H groups in total. The number of carbonyl (C=O) groups is 1. The van der Waals surface area contributed by atoms with Crippen LogP contribution in [0, 0.1) is 6.92 Å². The number of aryl methyl sites for hydroxylation is 1. The fraction of sp³-hybridized carbons (Fsp3) is 0.318. The second-order valence-corrected chi connectivity index (χ2v) is 8.26. The topological polar surface area (TPSA) is 61.4 Å². The molecular weight excluding hydrogens is 382 g/mol. The van der Waals surface area contributed by atoms with Crippen molar-refractivity contribution in [2.75, 3.05) is 36.4 Å². The first-order chi connectivity index (χ1) is 14.2. The van der Waals surface area contributed by atoms with Gasteiger partial charge >= 0.3 is 6.03 Å². The number of amides is 2. The van der Waals surface area contributed by atoms with Crippen molar-refractivity contribution < 1.29 is 4.79 Å². The molecule has 0 aliphatic carbocycles. The van der Waals surface area contributed by atoms with E-state index < -0.39 is 0 Å². The Labute approximate surface area is 175 Å². The second kappa shape index (κ2) is 9.05. The largest absolute Gasteiger partial charge is 0.370 e. The zero-order chi connectivity index (χ0) is 20.1. The molecule has 0 unspecified atom stereocenters. The molecule has 0 spiro atoms. The van der Waals surface area contributed by atoms with Gasteiger partial charge in [-0.3, -0.25) is 5.32 Å². The van der Waals surface area contributed by atoms with Gasteiger partial charge in [-0.05, 0) is 36.6 Å². The van der Waals surface area contributed by atoms with E-state index in [4.69, 9.17) is 0 Å². The highest BCUT2D eigenvalue weighted by Crippen LogP contribution is 2.21. The maximum absolute atomic E-state index is 12.7. The van der Waals surface area contributed by atoms with Crippen LogP contribution in [-0.2, 0) is 6.42 Å². The SMILES string of the molecule is Cc1ccccc1Cc1nnc(NC(=O)N2CCCN(c3ccccc3)CC2)s1. The lowest BCUT2D eigenvalue weighted by molar-refractivity contribution is 0.215. The number of nitrogens with one attached hydrogen (secondary N) is 1. The lowest BCUT2D eigenvalue weighted by atomic mass is 10.1. The molecule has 6 nitrogen and oxygen atoms in total. The zero-order valence-electron chi connectivity index (χ0n) is 16.5. The number of rotatable bonds is 4. The maximum atomic E-state index is 12.7. The van der Waals surface area contributed by atoms with Crippen molar-refractivity contribution in [2.24, 2.45) is 0 Å². The fourth-order valence-electron chi connectivity index (χ4n) is 3.54. The number of nitrogens with zero attached hydrogens (tertiary/aromatic N) is 4. The van der Waals surface area contributed by atoms with Crippen molar-refractivity contribution in [3.63, 3.8) is 0 Å². The van der Waals surface area contributed by atoms with Gasteiger partial charge in [-0.2, -0.15) is 0 Å². The van der Waals surface area contributed by atoms with Crippen LogP contribution >= 0.6 is 11.3 Å². The van der Waals surface area contributed by atoms with Crippen molar-refractivity contribution in [2.45, 2.75) is 19.8 Å². The average Bonchev–Trinajstić information content (AvgIpc) is 3.02. The Bertz CT molecular complexity index is 959. The van der Waals surface area contributed by atoms with Crippen LogP contribution in [0.2, 0.25) is 0 Å². The summed E-state index contributed by atoms with van der Waals surface area (Å²) in [4.78, 5) is 16.9. The minimum Gasteiger partial charge on any atom is -0.370 e. The monoisotopic (exact) mass is 407 g/mol. The number of benzene rings is 2. The van der Waals surface area contributed by atoms with E-state index in [1.807, 2.05) is 23.1 Å². The van der Waals surface area contributed by atoms with Crippen molar-refractivity contribution in [1.82, 2.24) is 15.1 Å². The summed E-state index contributed by atoms with van der Waals surface area (Å²) < 4.78 is 0. The van der Waals surface area contributed by atoms with Gasteiger partial charge in [-0.1, -0.05) is 53.8 Å². The molecule has 150 valence electrons. The first kappa shape index (κ1) is 19.4. The van der Waals surface area contributed by atoms with E-state index in [0.717, 1.165) is 37.5 Å². The van der Waals surface area contributed by atoms with Crippen molar-refractivity contribution in [3.8, 4) is 0 Å². The van der Waals surface area contributed by atoms with Crippen LogP contribution in [0.25, 0.3) is 0 Å². The number of urea groups is 1. The lowest BCUT2D eigenvalue weighted by Crippen LogP contribution is -2.38. The Morgan fingerprint density at radius 2 is 1.79 bits per heavy atom. The summed E-state index contributed by atoms with van der Waals surface area (Å²) in [7, 11) is 0. The molecule has 0 saturated carbocycles. The Hall–Kier alpha value is -2.93. The smallest absolute Gasteiger partial charge is 0.323 e. The second-order valence-electron chi connectivity index (χ2n) is 7.20. The van der Waals surface area contributed by atoms with Crippen LogP contribution < -0.4 is 10.2 Å². The summed E-state index contributed by atoms with van der Waals surface area (Å²) in [6, 6.07) is 18.5. The van der Waals surface area contributed by atoms with Gasteiger partial charge in [0.25, 0.3) is 0 Å². The highest BCUT2D eigenvalue weighted by molar-refractivity contribution is 7.15. The minimum atomic E-state index is -0.0986. The predicted molar refractivity (Wildman–Crippen MR) is 118 cm³/mol. The Morgan fingerprint density at radius 3 is 2.62 bits per heavy atom. The quantitative estimate of drug-likeness (QED) is 0.705. The fourth-order valence-corrected chi connectivity index (χ4v) is 4.29. The summed E-state index contributed by atoms with van der Waals surface area (Å²) in [6.45, 7) is 5.30. The number of hydrogen-bond acceptors (Lipinski definition) is 5. The van der Waals surface area contributed by atoms with Crippen LogP contribution in [-0.4, -0.2) is 47.3 Å². The van der Waals surface area contributed by atoms with E-state index in [-0.39, 0.29) is 6.03 Å². The van der Waals surface area contributed by atoms with E-state index in [9.17, 15) is 4.79 Å².